The Hall–Kier alpha value is -2.71. The number of pyridine rings is 1. The zero-order valence-electron chi connectivity index (χ0n) is 14.5. The number of ether oxygens (including phenoxy) is 2. The molecule has 5 nitrogen and oxygen atoms in total. The minimum atomic E-state index is -4.44. The number of hydrogen-bond donors (Lipinski definition) is 0. The third-order valence-electron chi connectivity index (χ3n) is 4.26. The predicted molar refractivity (Wildman–Crippen MR) is 93.7 cm³/mol. The van der Waals surface area contributed by atoms with Crippen LogP contribution in [0.1, 0.15) is 22.3 Å². The first kappa shape index (κ1) is 19.1. The molecule has 0 N–H and O–H groups in total. The number of alkyl halides is 3. The molecule has 3 rings (SSSR count). The summed E-state index contributed by atoms with van der Waals surface area (Å²) in [6.45, 7) is 1.07. The number of anilines is 1. The van der Waals surface area contributed by atoms with Gasteiger partial charge in [-0.15, -0.1) is 0 Å². The number of hydrogen-bond acceptors (Lipinski definition) is 5. The standard InChI is InChI=1S/C18H16BF3N2O3/c1-26-17(25)14-8-12(19)3-4-15(14)24-7-6-13(10-24)27-16-5-2-11(9-23-16)18(20,21)22/h2-5,8-9,13H,6-7,10H2,1H3. The van der Waals surface area contributed by atoms with Gasteiger partial charge in [-0.1, -0.05) is 17.6 Å². The SMILES string of the molecule is [B]c1ccc(N2CCC(Oc3ccc(C(F)(F)F)cn3)C2)c(C(=O)OC)c1. The highest BCUT2D eigenvalue weighted by Gasteiger charge is 2.31. The number of halogens is 3. The monoisotopic (exact) mass is 376 g/mol. The molecule has 140 valence electrons. The van der Waals surface area contributed by atoms with Crippen LogP contribution in [0.2, 0.25) is 0 Å². The smallest absolute Gasteiger partial charge is 0.417 e. The molecule has 1 aliphatic rings. The number of esters is 1. The van der Waals surface area contributed by atoms with E-state index in [9.17, 15) is 18.0 Å². The van der Waals surface area contributed by atoms with E-state index in [1.807, 2.05) is 4.90 Å². The molecule has 0 bridgehead atoms. The molecule has 1 atom stereocenters. The molecule has 0 amide bonds. The van der Waals surface area contributed by atoms with Crippen molar-refractivity contribution in [2.75, 3.05) is 25.1 Å². The summed E-state index contributed by atoms with van der Waals surface area (Å²) in [5.74, 6) is -0.369. The van der Waals surface area contributed by atoms with Crippen LogP contribution in [0.15, 0.2) is 36.5 Å². The fourth-order valence-corrected chi connectivity index (χ4v) is 2.93. The molecule has 0 spiro atoms. The number of methoxy groups -OCH3 is 1. The maximum Gasteiger partial charge on any atom is 0.417 e. The van der Waals surface area contributed by atoms with E-state index in [1.54, 1.807) is 18.2 Å². The van der Waals surface area contributed by atoms with Crippen LogP contribution in [0.25, 0.3) is 0 Å². The predicted octanol–water partition coefficient (Wildman–Crippen LogP) is 2.34. The number of carbonyl (C=O) groups excluding carboxylic acids is 1. The Balaban J connectivity index is 1.70. The first-order valence-electron chi connectivity index (χ1n) is 8.20. The first-order valence-corrected chi connectivity index (χ1v) is 8.20. The highest BCUT2D eigenvalue weighted by molar-refractivity contribution is 6.32. The van der Waals surface area contributed by atoms with Gasteiger partial charge in [0.1, 0.15) is 14.0 Å². The molecule has 0 aliphatic carbocycles. The van der Waals surface area contributed by atoms with Crippen molar-refractivity contribution in [2.24, 2.45) is 0 Å². The van der Waals surface area contributed by atoms with Crippen molar-refractivity contribution in [3.8, 4) is 5.88 Å². The van der Waals surface area contributed by atoms with Gasteiger partial charge in [0, 0.05) is 25.2 Å². The number of aromatic nitrogens is 1. The van der Waals surface area contributed by atoms with Crippen molar-refractivity contribution in [3.05, 3.63) is 47.7 Å². The van der Waals surface area contributed by atoms with Crippen LogP contribution in [0.4, 0.5) is 18.9 Å². The summed E-state index contributed by atoms with van der Waals surface area (Å²) in [6.07, 6.45) is -3.32. The van der Waals surface area contributed by atoms with Crippen LogP contribution < -0.4 is 15.1 Å². The van der Waals surface area contributed by atoms with Gasteiger partial charge < -0.3 is 14.4 Å². The average Bonchev–Trinajstić information content (AvgIpc) is 3.09. The van der Waals surface area contributed by atoms with Crippen LogP contribution in [0.3, 0.4) is 0 Å². The van der Waals surface area contributed by atoms with Crippen molar-refractivity contribution < 1.29 is 27.4 Å². The molecule has 2 radical (unpaired) electrons. The molecular weight excluding hydrogens is 360 g/mol. The van der Waals surface area contributed by atoms with E-state index in [2.05, 4.69) is 4.98 Å². The van der Waals surface area contributed by atoms with E-state index < -0.39 is 17.7 Å². The van der Waals surface area contributed by atoms with Gasteiger partial charge in [-0.05, 0) is 12.1 Å². The van der Waals surface area contributed by atoms with Crippen molar-refractivity contribution in [1.82, 2.24) is 4.98 Å². The molecule has 2 heterocycles. The lowest BCUT2D eigenvalue weighted by atomic mass is 9.93. The van der Waals surface area contributed by atoms with Gasteiger partial charge in [0.25, 0.3) is 0 Å². The van der Waals surface area contributed by atoms with Crippen LogP contribution in [-0.4, -0.2) is 45.1 Å². The number of benzene rings is 1. The Morgan fingerprint density at radius 3 is 2.70 bits per heavy atom. The van der Waals surface area contributed by atoms with E-state index in [-0.39, 0.29) is 12.0 Å². The van der Waals surface area contributed by atoms with E-state index in [4.69, 9.17) is 17.3 Å². The maximum absolute atomic E-state index is 12.6. The fourth-order valence-electron chi connectivity index (χ4n) is 2.93. The molecule has 27 heavy (non-hydrogen) atoms. The van der Waals surface area contributed by atoms with Crippen LogP contribution in [0.5, 0.6) is 5.88 Å². The summed E-state index contributed by atoms with van der Waals surface area (Å²) < 4.78 is 48.3. The van der Waals surface area contributed by atoms with Gasteiger partial charge in [-0.25, -0.2) is 9.78 Å². The fraction of sp³-hybridized carbons (Fsp3) is 0.333. The molecule has 1 aromatic carbocycles. The zero-order chi connectivity index (χ0) is 19.6. The van der Waals surface area contributed by atoms with Crippen molar-refractivity contribution in [3.63, 3.8) is 0 Å². The van der Waals surface area contributed by atoms with Gasteiger partial charge in [-0.2, -0.15) is 13.2 Å². The van der Waals surface area contributed by atoms with Crippen LogP contribution >= 0.6 is 0 Å². The third kappa shape index (κ3) is 4.35. The number of carbonyl (C=O) groups is 1. The molecule has 1 aromatic heterocycles. The highest BCUT2D eigenvalue weighted by Crippen LogP contribution is 2.30. The lowest BCUT2D eigenvalue weighted by Crippen LogP contribution is -2.27. The minimum absolute atomic E-state index is 0.125. The normalized spacial score (nSPS) is 17.0. The summed E-state index contributed by atoms with van der Waals surface area (Å²) in [7, 11) is 7.04. The average molecular weight is 376 g/mol. The van der Waals surface area contributed by atoms with Gasteiger partial charge in [0.05, 0.1) is 30.5 Å². The molecule has 0 saturated carbocycles. The first-order chi connectivity index (χ1) is 12.8. The van der Waals surface area contributed by atoms with E-state index in [0.29, 0.717) is 36.2 Å². The van der Waals surface area contributed by atoms with Crippen molar-refractivity contribution >= 4 is 25.0 Å². The number of nitrogens with zero attached hydrogens (tertiary/aromatic N) is 2. The minimum Gasteiger partial charge on any atom is -0.472 e. The largest absolute Gasteiger partial charge is 0.472 e. The summed E-state index contributed by atoms with van der Waals surface area (Å²) in [4.78, 5) is 17.7. The Kier molecular flexibility index (Phi) is 5.30. The molecule has 9 heteroatoms. The molecule has 1 aliphatic heterocycles. The topological polar surface area (TPSA) is 51.7 Å². The van der Waals surface area contributed by atoms with Gasteiger partial charge in [0.15, 0.2) is 0 Å². The van der Waals surface area contributed by atoms with Crippen molar-refractivity contribution in [2.45, 2.75) is 18.7 Å². The van der Waals surface area contributed by atoms with Crippen LogP contribution in [0, 0.1) is 0 Å². The maximum atomic E-state index is 12.6. The summed E-state index contributed by atoms with van der Waals surface area (Å²) >= 11 is 0. The number of rotatable bonds is 4. The molecule has 1 fully saturated rings. The Morgan fingerprint density at radius 1 is 1.30 bits per heavy atom. The van der Waals surface area contributed by atoms with Gasteiger partial charge in [-0.3, -0.25) is 0 Å². The molecule has 2 aromatic rings. The van der Waals surface area contributed by atoms with Crippen LogP contribution in [-0.2, 0) is 10.9 Å². The lowest BCUT2D eigenvalue weighted by molar-refractivity contribution is -0.137. The second-order valence-electron chi connectivity index (χ2n) is 6.13. The van der Waals surface area contributed by atoms with Gasteiger partial charge >= 0.3 is 12.1 Å². The summed E-state index contributed by atoms with van der Waals surface area (Å²) in [5.41, 5.74) is 0.640. The second-order valence-corrected chi connectivity index (χ2v) is 6.13. The lowest BCUT2D eigenvalue weighted by Gasteiger charge is -2.21. The van der Waals surface area contributed by atoms with Crippen molar-refractivity contribution in [1.29, 1.82) is 0 Å². The Bertz CT molecular complexity index is 828. The summed E-state index contributed by atoms with van der Waals surface area (Å²) in [6, 6.07) is 7.11. The van der Waals surface area contributed by atoms with E-state index in [0.717, 1.165) is 12.3 Å². The van der Waals surface area contributed by atoms with E-state index >= 15 is 0 Å². The van der Waals surface area contributed by atoms with E-state index in [1.165, 1.54) is 13.2 Å². The molecule has 1 unspecified atom stereocenters. The van der Waals surface area contributed by atoms with Gasteiger partial charge in [0.2, 0.25) is 5.88 Å². The molecule has 1 saturated heterocycles. The molecular formula is C18H16BF3N2O3. The Morgan fingerprint density at radius 2 is 2.07 bits per heavy atom. The Labute approximate surface area is 155 Å². The second kappa shape index (κ2) is 7.50. The zero-order valence-corrected chi connectivity index (χ0v) is 14.5. The highest BCUT2D eigenvalue weighted by atomic mass is 19.4. The third-order valence-corrected chi connectivity index (χ3v) is 4.26. The quantitative estimate of drug-likeness (QED) is 0.606. The summed E-state index contributed by atoms with van der Waals surface area (Å²) in [5, 5.41) is 0.